The van der Waals surface area contributed by atoms with E-state index in [0.29, 0.717) is 31.1 Å². The molecule has 1 atom stereocenters. The molecule has 1 fully saturated rings. The van der Waals surface area contributed by atoms with E-state index in [-0.39, 0.29) is 12.0 Å². The van der Waals surface area contributed by atoms with E-state index in [1.807, 2.05) is 19.1 Å². The lowest BCUT2D eigenvalue weighted by Gasteiger charge is -2.33. The van der Waals surface area contributed by atoms with Gasteiger partial charge in [0, 0.05) is 18.4 Å². The van der Waals surface area contributed by atoms with Gasteiger partial charge in [-0.1, -0.05) is 6.07 Å². The summed E-state index contributed by atoms with van der Waals surface area (Å²) in [6, 6.07) is 9.01. The third kappa shape index (κ3) is 2.92. The number of morpholine rings is 1. The van der Waals surface area contributed by atoms with Crippen LogP contribution in [0, 0.1) is 6.92 Å². The number of aryl methyl sites for hydroxylation is 1. The molecule has 0 spiro atoms. The minimum Gasteiger partial charge on any atom is -0.384 e. The van der Waals surface area contributed by atoms with Crippen molar-refractivity contribution in [2.75, 3.05) is 25.4 Å². The smallest absolute Gasteiger partial charge is 0.255 e. The van der Waals surface area contributed by atoms with Crippen LogP contribution < -0.4 is 5.73 Å². The zero-order chi connectivity index (χ0) is 15.5. The average molecular weight is 298 g/mol. The number of carbonyl (C=O) groups is 1. The van der Waals surface area contributed by atoms with Crippen LogP contribution in [0.2, 0.25) is 0 Å². The van der Waals surface area contributed by atoms with Crippen molar-refractivity contribution in [3.63, 3.8) is 0 Å². The van der Waals surface area contributed by atoms with Gasteiger partial charge < -0.3 is 15.4 Å². The lowest BCUT2D eigenvalue weighted by molar-refractivity contribution is -0.0247. The van der Waals surface area contributed by atoms with Gasteiger partial charge in [0.05, 0.1) is 24.4 Å². The summed E-state index contributed by atoms with van der Waals surface area (Å²) in [6.45, 7) is 3.34. The number of carbonyl (C=O) groups excluding carboxylic acids is 1. The highest BCUT2D eigenvalue weighted by atomic mass is 16.5. The van der Waals surface area contributed by atoms with Crippen molar-refractivity contribution in [1.29, 1.82) is 0 Å². The number of aromatic nitrogens is 2. The molecule has 0 bridgehead atoms. The van der Waals surface area contributed by atoms with Gasteiger partial charge in [-0.15, -0.1) is 0 Å². The minimum atomic E-state index is -0.252. The quantitative estimate of drug-likeness (QED) is 0.910. The Hall–Kier alpha value is -2.47. The maximum absolute atomic E-state index is 12.6. The molecule has 6 nitrogen and oxygen atoms in total. The van der Waals surface area contributed by atoms with E-state index in [9.17, 15) is 4.79 Å². The molecule has 114 valence electrons. The van der Waals surface area contributed by atoms with Crippen molar-refractivity contribution in [3.8, 4) is 0 Å². The first-order valence-electron chi connectivity index (χ1n) is 7.20. The number of amides is 1. The minimum absolute atomic E-state index is 0.0252. The number of ether oxygens (including phenoxy) is 1. The average Bonchev–Trinajstić information content (AvgIpc) is 2.55. The third-order valence-corrected chi connectivity index (χ3v) is 3.71. The van der Waals surface area contributed by atoms with Crippen LogP contribution in [0.3, 0.4) is 0 Å². The fourth-order valence-corrected chi connectivity index (χ4v) is 2.54. The molecule has 0 aliphatic carbocycles. The molecule has 1 amide bonds. The first-order chi connectivity index (χ1) is 10.6. The maximum atomic E-state index is 12.6. The fraction of sp³-hybridized carbons (Fsp3) is 0.312. The molecule has 2 N–H and O–H groups in total. The Morgan fingerprint density at radius 3 is 3.00 bits per heavy atom. The monoisotopic (exact) mass is 298 g/mol. The van der Waals surface area contributed by atoms with Crippen LogP contribution in [0.5, 0.6) is 0 Å². The van der Waals surface area contributed by atoms with Crippen molar-refractivity contribution in [3.05, 3.63) is 53.5 Å². The number of anilines is 1. The largest absolute Gasteiger partial charge is 0.384 e. The molecule has 0 saturated carbocycles. The van der Waals surface area contributed by atoms with Crippen LogP contribution in [0.15, 0.2) is 36.5 Å². The predicted molar refractivity (Wildman–Crippen MR) is 82.2 cm³/mol. The molecule has 0 unspecified atom stereocenters. The number of rotatable bonds is 2. The van der Waals surface area contributed by atoms with Gasteiger partial charge in [-0.05, 0) is 31.2 Å². The Balaban J connectivity index is 1.78. The molecule has 2 aromatic heterocycles. The van der Waals surface area contributed by atoms with Gasteiger partial charge in [0.25, 0.3) is 5.91 Å². The van der Waals surface area contributed by atoms with Gasteiger partial charge in [-0.2, -0.15) is 0 Å². The van der Waals surface area contributed by atoms with E-state index in [4.69, 9.17) is 10.5 Å². The lowest BCUT2D eigenvalue weighted by atomic mass is 10.1. The van der Waals surface area contributed by atoms with Gasteiger partial charge in [-0.3, -0.25) is 9.78 Å². The second-order valence-corrected chi connectivity index (χ2v) is 5.23. The van der Waals surface area contributed by atoms with E-state index in [2.05, 4.69) is 9.97 Å². The Labute approximate surface area is 128 Å². The Bertz CT molecular complexity index is 689. The summed E-state index contributed by atoms with van der Waals surface area (Å²) in [5, 5.41) is 0. The van der Waals surface area contributed by atoms with Crippen molar-refractivity contribution < 1.29 is 9.53 Å². The van der Waals surface area contributed by atoms with Crippen LogP contribution in [-0.4, -0.2) is 40.5 Å². The standard InChI is InChI=1S/C16H18N4O2/c1-11-12(4-3-7-18-11)16(21)20-8-9-22-14(10-20)13-5-2-6-15(17)19-13/h2-7,14H,8-10H2,1H3,(H2,17,19)/t14-/m0/s1. The number of hydrogen-bond donors (Lipinski definition) is 1. The highest BCUT2D eigenvalue weighted by Gasteiger charge is 2.27. The van der Waals surface area contributed by atoms with Crippen molar-refractivity contribution >= 4 is 11.7 Å². The summed E-state index contributed by atoms with van der Waals surface area (Å²) in [5.41, 5.74) is 7.83. The maximum Gasteiger partial charge on any atom is 0.255 e. The number of hydrogen-bond acceptors (Lipinski definition) is 5. The normalized spacial score (nSPS) is 18.2. The predicted octanol–water partition coefficient (Wildman–Crippen LogP) is 1.58. The van der Waals surface area contributed by atoms with Crippen LogP contribution in [-0.2, 0) is 4.74 Å². The molecular weight excluding hydrogens is 280 g/mol. The molecule has 6 heteroatoms. The van der Waals surface area contributed by atoms with Crippen LogP contribution in [0.25, 0.3) is 0 Å². The molecule has 22 heavy (non-hydrogen) atoms. The lowest BCUT2D eigenvalue weighted by Crippen LogP contribution is -2.42. The summed E-state index contributed by atoms with van der Waals surface area (Å²) in [7, 11) is 0. The number of nitrogens with two attached hydrogens (primary N) is 1. The molecule has 3 rings (SSSR count). The fourth-order valence-electron chi connectivity index (χ4n) is 2.54. The van der Waals surface area contributed by atoms with Crippen LogP contribution in [0.4, 0.5) is 5.82 Å². The number of nitrogen functional groups attached to an aromatic ring is 1. The van der Waals surface area contributed by atoms with E-state index in [1.54, 1.807) is 29.3 Å². The first-order valence-corrected chi connectivity index (χ1v) is 7.20. The second-order valence-electron chi connectivity index (χ2n) is 5.23. The first kappa shape index (κ1) is 14.5. The Morgan fingerprint density at radius 2 is 2.23 bits per heavy atom. The summed E-state index contributed by atoms with van der Waals surface area (Å²) in [6.07, 6.45) is 1.43. The second kappa shape index (κ2) is 6.11. The van der Waals surface area contributed by atoms with E-state index in [1.165, 1.54) is 0 Å². The van der Waals surface area contributed by atoms with Gasteiger partial charge >= 0.3 is 0 Å². The van der Waals surface area contributed by atoms with Crippen molar-refractivity contribution in [2.24, 2.45) is 0 Å². The van der Waals surface area contributed by atoms with Gasteiger partial charge in [0.15, 0.2) is 0 Å². The number of pyridine rings is 2. The molecule has 0 radical (unpaired) electrons. The van der Waals surface area contributed by atoms with Gasteiger partial charge in [0.2, 0.25) is 0 Å². The van der Waals surface area contributed by atoms with E-state index in [0.717, 1.165) is 11.4 Å². The topological polar surface area (TPSA) is 81.3 Å². The highest BCUT2D eigenvalue weighted by Crippen LogP contribution is 2.22. The zero-order valence-electron chi connectivity index (χ0n) is 12.4. The summed E-state index contributed by atoms with van der Waals surface area (Å²) < 4.78 is 5.74. The van der Waals surface area contributed by atoms with E-state index < -0.39 is 0 Å². The molecule has 0 aromatic carbocycles. The van der Waals surface area contributed by atoms with Crippen LogP contribution in [0.1, 0.15) is 27.8 Å². The molecule has 3 heterocycles. The van der Waals surface area contributed by atoms with Crippen molar-refractivity contribution in [1.82, 2.24) is 14.9 Å². The molecule has 1 saturated heterocycles. The summed E-state index contributed by atoms with van der Waals surface area (Å²) in [5.74, 6) is 0.426. The highest BCUT2D eigenvalue weighted by molar-refractivity contribution is 5.95. The zero-order valence-corrected chi connectivity index (χ0v) is 12.4. The van der Waals surface area contributed by atoms with E-state index >= 15 is 0 Å². The Kier molecular flexibility index (Phi) is 4.02. The van der Waals surface area contributed by atoms with Gasteiger partial charge in [0.1, 0.15) is 11.9 Å². The summed E-state index contributed by atoms with van der Waals surface area (Å²) in [4.78, 5) is 22.9. The molecule has 1 aliphatic heterocycles. The van der Waals surface area contributed by atoms with Crippen molar-refractivity contribution in [2.45, 2.75) is 13.0 Å². The number of nitrogens with zero attached hydrogens (tertiary/aromatic N) is 3. The summed E-state index contributed by atoms with van der Waals surface area (Å²) >= 11 is 0. The molecule has 2 aromatic rings. The van der Waals surface area contributed by atoms with Crippen LogP contribution >= 0.6 is 0 Å². The third-order valence-electron chi connectivity index (χ3n) is 3.71. The molecule has 1 aliphatic rings. The molecular formula is C16H18N4O2. The Morgan fingerprint density at radius 1 is 1.36 bits per heavy atom. The van der Waals surface area contributed by atoms with Gasteiger partial charge in [-0.25, -0.2) is 4.98 Å². The SMILES string of the molecule is Cc1ncccc1C(=O)N1CCO[C@H](c2cccc(N)n2)C1.